The first kappa shape index (κ1) is 29.6. The monoisotopic (exact) mass is 438 g/mol. The number of amides is 1. The summed E-state index contributed by atoms with van der Waals surface area (Å²) in [6, 6.07) is -0.982. The molecule has 0 aliphatic heterocycles. The molecule has 0 unspecified atom stereocenters. The number of hydrogen-bond acceptors (Lipinski definition) is 3. The first-order chi connectivity index (χ1) is 15.1. The SMILES string of the molecule is CCCCCCCCCCCCCCCCCCCCC(=O)N[C@@H](CC[C]=O)C(=O)O. The number of hydrogen-bond donors (Lipinski definition) is 2. The van der Waals surface area contributed by atoms with Crippen LogP contribution in [0.1, 0.15) is 142 Å². The lowest BCUT2D eigenvalue weighted by atomic mass is 10.0. The van der Waals surface area contributed by atoms with Crippen LogP contribution in [0.4, 0.5) is 0 Å². The van der Waals surface area contributed by atoms with E-state index in [1.165, 1.54) is 96.3 Å². The van der Waals surface area contributed by atoms with E-state index in [0.29, 0.717) is 6.42 Å². The minimum absolute atomic E-state index is 0.0242. The highest BCUT2D eigenvalue weighted by atomic mass is 16.4. The summed E-state index contributed by atoms with van der Waals surface area (Å²) in [4.78, 5) is 33.1. The normalized spacial score (nSPS) is 11.9. The lowest BCUT2D eigenvalue weighted by Gasteiger charge is -2.12. The van der Waals surface area contributed by atoms with Crippen LogP contribution in [-0.4, -0.2) is 29.3 Å². The summed E-state index contributed by atoms with van der Waals surface area (Å²) in [5.74, 6) is -1.34. The Bertz CT molecular complexity index is 439. The van der Waals surface area contributed by atoms with Gasteiger partial charge in [-0.15, -0.1) is 0 Å². The Kier molecular flexibility index (Phi) is 22.2. The summed E-state index contributed by atoms with van der Waals surface area (Å²) in [7, 11) is 0. The molecule has 1 atom stereocenters. The molecule has 0 aromatic heterocycles. The van der Waals surface area contributed by atoms with Gasteiger partial charge in [-0.2, -0.15) is 0 Å². The highest BCUT2D eigenvalue weighted by molar-refractivity contribution is 5.83. The molecule has 0 aromatic rings. The number of carboxylic acids is 1. The van der Waals surface area contributed by atoms with Crippen molar-refractivity contribution in [2.45, 2.75) is 148 Å². The average Bonchev–Trinajstić information content (AvgIpc) is 2.75. The van der Waals surface area contributed by atoms with Gasteiger partial charge < -0.3 is 10.4 Å². The van der Waals surface area contributed by atoms with E-state index in [1.54, 1.807) is 6.29 Å². The molecule has 1 amide bonds. The van der Waals surface area contributed by atoms with Crippen LogP contribution in [0.15, 0.2) is 0 Å². The van der Waals surface area contributed by atoms with Crippen LogP contribution in [0.25, 0.3) is 0 Å². The van der Waals surface area contributed by atoms with Gasteiger partial charge in [0.1, 0.15) is 6.04 Å². The summed E-state index contributed by atoms with van der Waals surface area (Å²) in [5.41, 5.74) is 0. The van der Waals surface area contributed by atoms with Crippen molar-refractivity contribution in [1.82, 2.24) is 5.32 Å². The van der Waals surface area contributed by atoms with Gasteiger partial charge in [-0.3, -0.25) is 9.59 Å². The molecule has 0 aromatic carbocycles. The fraction of sp³-hybridized carbons (Fsp3) is 0.885. The molecule has 0 aliphatic rings. The molecule has 0 fully saturated rings. The highest BCUT2D eigenvalue weighted by Crippen LogP contribution is 2.14. The van der Waals surface area contributed by atoms with Crippen molar-refractivity contribution >= 4 is 18.2 Å². The Labute approximate surface area is 191 Å². The van der Waals surface area contributed by atoms with Crippen LogP contribution >= 0.6 is 0 Å². The predicted octanol–water partition coefficient (Wildman–Crippen LogP) is 6.88. The third kappa shape index (κ3) is 21.6. The van der Waals surface area contributed by atoms with Crippen molar-refractivity contribution in [3.63, 3.8) is 0 Å². The Morgan fingerprint density at radius 2 is 1.10 bits per heavy atom. The maximum atomic E-state index is 11.8. The van der Waals surface area contributed by atoms with Gasteiger partial charge in [0, 0.05) is 12.8 Å². The molecule has 0 bridgehead atoms. The Balaban J connectivity index is 3.33. The van der Waals surface area contributed by atoms with E-state index in [2.05, 4.69) is 12.2 Å². The number of carboxylic acid groups (broad SMARTS) is 1. The van der Waals surface area contributed by atoms with E-state index in [-0.39, 0.29) is 18.7 Å². The van der Waals surface area contributed by atoms with Gasteiger partial charge in [0.2, 0.25) is 5.91 Å². The molecule has 0 spiro atoms. The molecule has 31 heavy (non-hydrogen) atoms. The minimum Gasteiger partial charge on any atom is -0.480 e. The van der Waals surface area contributed by atoms with Crippen LogP contribution in [0.2, 0.25) is 0 Å². The second kappa shape index (κ2) is 23.3. The van der Waals surface area contributed by atoms with Gasteiger partial charge >= 0.3 is 5.97 Å². The molecular formula is C26H48NO4. The van der Waals surface area contributed by atoms with Crippen molar-refractivity contribution in [2.24, 2.45) is 0 Å². The van der Waals surface area contributed by atoms with Crippen molar-refractivity contribution in [3.8, 4) is 0 Å². The van der Waals surface area contributed by atoms with Gasteiger partial charge in [0.05, 0.1) is 0 Å². The quantitative estimate of drug-likeness (QED) is 0.161. The second-order valence-corrected chi connectivity index (χ2v) is 8.90. The number of unbranched alkanes of at least 4 members (excludes halogenated alkanes) is 17. The molecule has 5 heteroatoms. The topological polar surface area (TPSA) is 83.5 Å². The lowest BCUT2D eigenvalue weighted by Crippen LogP contribution is -2.40. The van der Waals surface area contributed by atoms with Crippen LogP contribution in [0, 0.1) is 0 Å². The fourth-order valence-corrected chi connectivity index (χ4v) is 3.91. The zero-order valence-corrected chi connectivity index (χ0v) is 20.1. The number of carbonyl (C=O) groups excluding carboxylic acids is 2. The first-order valence-corrected chi connectivity index (χ1v) is 13.0. The second-order valence-electron chi connectivity index (χ2n) is 8.90. The largest absolute Gasteiger partial charge is 0.480 e. The predicted molar refractivity (Wildman–Crippen MR) is 128 cm³/mol. The molecule has 0 rings (SSSR count). The summed E-state index contributed by atoms with van der Waals surface area (Å²) in [5, 5.41) is 11.5. The van der Waals surface area contributed by atoms with Crippen molar-refractivity contribution in [2.75, 3.05) is 0 Å². The summed E-state index contributed by atoms with van der Waals surface area (Å²) in [6.07, 6.45) is 25.6. The van der Waals surface area contributed by atoms with Crippen LogP contribution in [0.3, 0.4) is 0 Å². The minimum atomic E-state index is -1.10. The molecule has 181 valence electrons. The van der Waals surface area contributed by atoms with E-state index in [4.69, 9.17) is 5.11 Å². The first-order valence-electron chi connectivity index (χ1n) is 13.0. The standard InChI is InChI=1S/C26H48NO4/c1-2-3-4-5-6-7-8-9-10-11-12-13-14-15-16-17-18-19-22-25(29)27-24(26(30)31)21-20-23-28/h24H,2-22H2,1H3,(H,27,29)(H,30,31)/t24-/m0/s1. The molecule has 0 aliphatic carbocycles. The van der Waals surface area contributed by atoms with Gasteiger partial charge in [0.15, 0.2) is 6.29 Å². The lowest BCUT2D eigenvalue weighted by molar-refractivity contribution is -0.142. The van der Waals surface area contributed by atoms with Gasteiger partial charge in [-0.25, -0.2) is 4.79 Å². The van der Waals surface area contributed by atoms with Crippen molar-refractivity contribution in [3.05, 3.63) is 0 Å². The zero-order valence-electron chi connectivity index (χ0n) is 20.1. The number of aliphatic carboxylic acids is 1. The molecule has 1 radical (unpaired) electrons. The van der Waals surface area contributed by atoms with Gasteiger partial charge in [0.25, 0.3) is 0 Å². The average molecular weight is 439 g/mol. The van der Waals surface area contributed by atoms with Crippen molar-refractivity contribution < 1.29 is 19.5 Å². The molecular weight excluding hydrogens is 390 g/mol. The molecule has 2 N–H and O–H groups in total. The van der Waals surface area contributed by atoms with Crippen LogP contribution in [-0.2, 0) is 14.4 Å². The molecule has 0 saturated carbocycles. The Morgan fingerprint density at radius 1 is 0.710 bits per heavy atom. The Hall–Kier alpha value is -1.39. The summed E-state index contributed by atoms with van der Waals surface area (Å²) in [6.45, 7) is 2.27. The number of rotatable bonds is 24. The van der Waals surface area contributed by atoms with Gasteiger partial charge in [-0.1, -0.05) is 116 Å². The number of carbonyl (C=O) groups is 2. The van der Waals surface area contributed by atoms with E-state index in [9.17, 15) is 14.4 Å². The van der Waals surface area contributed by atoms with Gasteiger partial charge in [-0.05, 0) is 12.8 Å². The summed E-state index contributed by atoms with van der Waals surface area (Å²) >= 11 is 0. The summed E-state index contributed by atoms with van der Waals surface area (Å²) < 4.78 is 0. The third-order valence-corrected chi connectivity index (χ3v) is 5.93. The van der Waals surface area contributed by atoms with E-state index in [0.717, 1.165) is 19.3 Å². The molecule has 0 heterocycles. The van der Waals surface area contributed by atoms with E-state index in [1.807, 2.05) is 0 Å². The maximum Gasteiger partial charge on any atom is 0.326 e. The third-order valence-electron chi connectivity index (χ3n) is 5.93. The maximum absolute atomic E-state index is 11.8. The van der Waals surface area contributed by atoms with Crippen molar-refractivity contribution in [1.29, 1.82) is 0 Å². The Morgan fingerprint density at radius 3 is 1.45 bits per heavy atom. The zero-order chi connectivity index (χ0) is 23.0. The smallest absolute Gasteiger partial charge is 0.326 e. The highest BCUT2D eigenvalue weighted by Gasteiger charge is 2.18. The number of nitrogens with one attached hydrogen (secondary N) is 1. The fourth-order valence-electron chi connectivity index (χ4n) is 3.91. The molecule has 0 saturated heterocycles. The van der Waals surface area contributed by atoms with E-state index < -0.39 is 12.0 Å². The molecule has 5 nitrogen and oxygen atoms in total. The van der Waals surface area contributed by atoms with Crippen LogP contribution < -0.4 is 5.32 Å². The van der Waals surface area contributed by atoms with E-state index >= 15 is 0 Å². The van der Waals surface area contributed by atoms with Crippen LogP contribution in [0.5, 0.6) is 0 Å².